The Balaban J connectivity index is 2.38. The molecule has 2 N–H and O–H groups in total. The van der Waals surface area contributed by atoms with Crippen molar-refractivity contribution in [2.75, 3.05) is 39.8 Å². The molecule has 0 aliphatic carbocycles. The number of nitrogens with one attached hydrogen (secondary N) is 1. The van der Waals surface area contributed by atoms with E-state index in [-0.39, 0.29) is 18.5 Å². The average molecular weight is 285 g/mol. The van der Waals surface area contributed by atoms with Crippen molar-refractivity contribution in [2.45, 2.75) is 26.7 Å². The highest BCUT2D eigenvalue weighted by molar-refractivity contribution is 5.80. The van der Waals surface area contributed by atoms with Gasteiger partial charge in [0.2, 0.25) is 0 Å². The maximum atomic E-state index is 12.1. The maximum absolute atomic E-state index is 12.1. The molecule has 0 radical (unpaired) electrons. The summed E-state index contributed by atoms with van der Waals surface area (Å²) in [6.07, 6.45) is 2.17. The van der Waals surface area contributed by atoms with Gasteiger partial charge in [-0.1, -0.05) is 13.8 Å². The topological polar surface area (TPSA) is 72.9 Å². The molecule has 1 aliphatic rings. The number of likely N-dealkylation sites (tertiary alicyclic amines) is 1. The van der Waals surface area contributed by atoms with Gasteiger partial charge in [0.1, 0.15) is 6.54 Å². The molecule has 1 heterocycles. The van der Waals surface area contributed by atoms with E-state index in [1.165, 1.54) is 4.90 Å². The number of carbonyl (C=O) groups is 2. The smallest absolute Gasteiger partial charge is 0.323 e. The van der Waals surface area contributed by atoms with E-state index in [1.54, 1.807) is 0 Å². The van der Waals surface area contributed by atoms with Crippen LogP contribution in [0.5, 0.6) is 0 Å². The quantitative estimate of drug-likeness (QED) is 0.766. The fourth-order valence-corrected chi connectivity index (χ4v) is 2.43. The van der Waals surface area contributed by atoms with Crippen LogP contribution >= 0.6 is 0 Å². The zero-order chi connectivity index (χ0) is 15.1. The highest BCUT2D eigenvalue weighted by atomic mass is 16.4. The van der Waals surface area contributed by atoms with Gasteiger partial charge in [0.25, 0.3) is 0 Å². The summed E-state index contributed by atoms with van der Waals surface area (Å²) in [4.78, 5) is 26.5. The molecule has 2 amide bonds. The Morgan fingerprint density at radius 1 is 1.35 bits per heavy atom. The number of carboxylic acid groups (broad SMARTS) is 1. The third-order valence-corrected chi connectivity index (χ3v) is 3.58. The summed E-state index contributed by atoms with van der Waals surface area (Å²) in [6.45, 7) is 6.93. The Morgan fingerprint density at radius 3 is 2.45 bits per heavy atom. The molecule has 0 saturated carbocycles. The van der Waals surface area contributed by atoms with Gasteiger partial charge < -0.3 is 20.2 Å². The summed E-state index contributed by atoms with van der Waals surface area (Å²) in [7, 11) is 2.10. The Bertz CT molecular complexity index is 326. The molecule has 6 nitrogen and oxygen atoms in total. The van der Waals surface area contributed by atoms with Crippen LogP contribution < -0.4 is 5.32 Å². The molecular formula is C14H27N3O3. The number of hydrogen-bond donors (Lipinski definition) is 2. The predicted molar refractivity (Wildman–Crippen MR) is 77.7 cm³/mol. The summed E-state index contributed by atoms with van der Waals surface area (Å²) in [5.41, 5.74) is 0. The van der Waals surface area contributed by atoms with Crippen LogP contribution in [0.2, 0.25) is 0 Å². The number of piperidine rings is 1. The van der Waals surface area contributed by atoms with Crippen molar-refractivity contribution < 1.29 is 14.7 Å². The van der Waals surface area contributed by atoms with Crippen molar-refractivity contribution in [3.8, 4) is 0 Å². The van der Waals surface area contributed by atoms with Crippen LogP contribution in [0.1, 0.15) is 26.7 Å². The number of aliphatic carboxylic acids is 1. The first-order chi connectivity index (χ1) is 9.38. The molecule has 0 spiro atoms. The van der Waals surface area contributed by atoms with Crippen molar-refractivity contribution in [1.82, 2.24) is 15.1 Å². The van der Waals surface area contributed by atoms with E-state index < -0.39 is 5.97 Å². The maximum Gasteiger partial charge on any atom is 0.323 e. The van der Waals surface area contributed by atoms with Crippen LogP contribution in [-0.2, 0) is 4.79 Å². The van der Waals surface area contributed by atoms with E-state index in [0.29, 0.717) is 19.0 Å². The second-order valence-electron chi connectivity index (χ2n) is 6.10. The number of carboxylic acids is 1. The Morgan fingerprint density at radius 2 is 1.95 bits per heavy atom. The first kappa shape index (κ1) is 16.8. The molecule has 0 unspecified atom stereocenters. The average Bonchev–Trinajstić information content (AvgIpc) is 2.36. The van der Waals surface area contributed by atoms with E-state index in [4.69, 9.17) is 5.11 Å². The van der Waals surface area contributed by atoms with Crippen molar-refractivity contribution >= 4 is 12.0 Å². The molecule has 1 aliphatic heterocycles. The van der Waals surface area contributed by atoms with Gasteiger partial charge in [0.15, 0.2) is 0 Å². The summed E-state index contributed by atoms with van der Waals surface area (Å²) in [5, 5.41) is 11.7. The number of nitrogens with zero attached hydrogens (tertiary/aromatic N) is 2. The molecule has 0 aromatic carbocycles. The molecule has 6 heteroatoms. The minimum absolute atomic E-state index is 0.239. The standard InChI is InChI=1S/C14H27N3O3/c1-11(2)9-17(10-13(18)19)14(20)15-8-12-4-6-16(3)7-5-12/h11-12H,4-10H2,1-3H3,(H,15,20)(H,18,19). The fraction of sp³-hybridized carbons (Fsp3) is 0.857. The molecule has 1 saturated heterocycles. The third kappa shape index (κ3) is 6.23. The second kappa shape index (κ2) is 8.09. The van der Waals surface area contributed by atoms with Crippen molar-refractivity contribution in [1.29, 1.82) is 0 Å². The number of carbonyl (C=O) groups excluding carboxylic acids is 1. The Hall–Kier alpha value is -1.30. The minimum atomic E-state index is -0.972. The Labute approximate surface area is 121 Å². The van der Waals surface area contributed by atoms with Crippen molar-refractivity contribution in [2.24, 2.45) is 11.8 Å². The van der Waals surface area contributed by atoms with Crippen LogP contribution in [0, 0.1) is 11.8 Å². The number of hydrogen-bond acceptors (Lipinski definition) is 3. The molecule has 116 valence electrons. The summed E-state index contributed by atoms with van der Waals surface area (Å²) in [6, 6.07) is -0.264. The first-order valence-corrected chi connectivity index (χ1v) is 7.31. The van der Waals surface area contributed by atoms with Gasteiger partial charge in [-0.2, -0.15) is 0 Å². The van der Waals surface area contributed by atoms with E-state index in [9.17, 15) is 9.59 Å². The van der Waals surface area contributed by atoms with Gasteiger partial charge >= 0.3 is 12.0 Å². The van der Waals surface area contributed by atoms with Crippen molar-refractivity contribution in [3.63, 3.8) is 0 Å². The normalized spacial score (nSPS) is 17.2. The monoisotopic (exact) mass is 285 g/mol. The van der Waals surface area contributed by atoms with Gasteiger partial charge in [0.05, 0.1) is 0 Å². The molecule has 0 aromatic rings. The zero-order valence-electron chi connectivity index (χ0n) is 12.8. The molecule has 1 rings (SSSR count). The molecule has 0 aromatic heterocycles. The highest BCUT2D eigenvalue weighted by Crippen LogP contribution is 2.14. The lowest BCUT2D eigenvalue weighted by Crippen LogP contribution is -2.46. The van der Waals surface area contributed by atoms with E-state index in [0.717, 1.165) is 25.9 Å². The largest absolute Gasteiger partial charge is 0.480 e. The number of rotatable bonds is 6. The van der Waals surface area contributed by atoms with Crippen LogP contribution in [0.3, 0.4) is 0 Å². The second-order valence-corrected chi connectivity index (χ2v) is 6.10. The lowest BCUT2D eigenvalue weighted by molar-refractivity contribution is -0.137. The van der Waals surface area contributed by atoms with Crippen LogP contribution in [0.15, 0.2) is 0 Å². The summed E-state index contributed by atoms with van der Waals surface area (Å²) >= 11 is 0. The summed E-state index contributed by atoms with van der Waals surface area (Å²) < 4.78 is 0. The van der Waals surface area contributed by atoms with Gasteiger partial charge in [-0.3, -0.25) is 4.79 Å². The van der Waals surface area contributed by atoms with E-state index in [2.05, 4.69) is 17.3 Å². The first-order valence-electron chi connectivity index (χ1n) is 7.31. The zero-order valence-corrected chi connectivity index (χ0v) is 12.8. The fourth-order valence-electron chi connectivity index (χ4n) is 2.43. The molecular weight excluding hydrogens is 258 g/mol. The van der Waals surface area contributed by atoms with Crippen LogP contribution in [-0.4, -0.2) is 66.7 Å². The van der Waals surface area contributed by atoms with Crippen LogP contribution in [0.25, 0.3) is 0 Å². The molecule has 0 bridgehead atoms. The van der Waals surface area contributed by atoms with Gasteiger partial charge in [-0.15, -0.1) is 0 Å². The summed E-state index contributed by atoms with van der Waals surface area (Å²) in [5.74, 6) is -0.218. The highest BCUT2D eigenvalue weighted by Gasteiger charge is 2.21. The van der Waals surface area contributed by atoms with Crippen LogP contribution in [0.4, 0.5) is 4.79 Å². The lowest BCUT2D eigenvalue weighted by atomic mass is 9.97. The lowest BCUT2D eigenvalue weighted by Gasteiger charge is -2.30. The van der Waals surface area contributed by atoms with Gasteiger partial charge in [0, 0.05) is 13.1 Å². The third-order valence-electron chi connectivity index (χ3n) is 3.58. The van der Waals surface area contributed by atoms with Crippen molar-refractivity contribution in [3.05, 3.63) is 0 Å². The number of amides is 2. The van der Waals surface area contributed by atoms with Gasteiger partial charge in [-0.25, -0.2) is 4.79 Å². The van der Waals surface area contributed by atoms with Gasteiger partial charge in [-0.05, 0) is 44.8 Å². The molecule has 1 fully saturated rings. The minimum Gasteiger partial charge on any atom is -0.480 e. The predicted octanol–water partition coefficient (Wildman–Crippen LogP) is 1.08. The number of urea groups is 1. The molecule has 20 heavy (non-hydrogen) atoms. The van der Waals surface area contributed by atoms with E-state index >= 15 is 0 Å². The Kier molecular flexibility index (Phi) is 6.78. The van der Waals surface area contributed by atoms with E-state index in [1.807, 2.05) is 13.8 Å². The molecule has 0 atom stereocenters. The SMILES string of the molecule is CC(C)CN(CC(=O)O)C(=O)NCC1CCN(C)CC1.